The molecule has 0 bridgehead atoms. The third kappa shape index (κ3) is 5.86. The number of amides is 1. The van der Waals surface area contributed by atoms with E-state index in [2.05, 4.69) is 27.7 Å². The predicted octanol–water partition coefficient (Wildman–Crippen LogP) is 4.67. The Bertz CT molecular complexity index is 456. The highest BCUT2D eigenvalue weighted by Gasteiger charge is 2.19. The zero-order valence-corrected chi connectivity index (χ0v) is 13.9. The Morgan fingerprint density at radius 2 is 1.62 bits per heavy atom. The predicted molar refractivity (Wildman–Crippen MR) is 86.0 cm³/mol. The van der Waals surface area contributed by atoms with Gasteiger partial charge in [0.2, 0.25) is 0 Å². The van der Waals surface area contributed by atoms with E-state index in [1.54, 1.807) is 17.0 Å². The second-order valence-corrected chi connectivity index (χ2v) is 6.64. The van der Waals surface area contributed by atoms with Crippen LogP contribution >= 0.6 is 0 Å². The van der Waals surface area contributed by atoms with Gasteiger partial charge >= 0.3 is 0 Å². The molecule has 1 aromatic rings. The molecule has 0 heterocycles. The van der Waals surface area contributed by atoms with Crippen LogP contribution in [0.1, 0.15) is 56.5 Å². The van der Waals surface area contributed by atoms with Crippen LogP contribution < -0.4 is 0 Å². The van der Waals surface area contributed by atoms with Gasteiger partial charge in [-0.2, -0.15) is 0 Å². The molecule has 0 saturated carbocycles. The molecule has 0 saturated heterocycles. The van der Waals surface area contributed by atoms with E-state index in [0.717, 1.165) is 18.4 Å². The normalized spacial score (nSPS) is 11.2. The quantitative estimate of drug-likeness (QED) is 0.715. The highest BCUT2D eigenvalue weighted by Crippen LogP contribution is 2.15. The molecule has 0 radical (unpaired) electrons. The minimum absolute atomic E-state index is 0.186. The Balaban J connectivity index is 2.86. The van der Waals surface area contributed by atoms with Crippen molar-refractivity contribution >= 4 is 5.91 Å². The third-order valence-electron chi connectivity index (χ3n) is 3.59. The Hall–Kier alpha value is -1.38. The highest BCUT2D eigenvalue weighted by atomic mass is 19.1. The lowest BCUT2D eigenvalue weighted by molar-refractivity contribution is 0.0736. The molecule has 0 fully saturated rings. The number of hydrogen-bond acceptors (Lipinski definition) is 1. The van der Waals surface area contributed by atoms with E-state index in [1.807, 2.05) is 6.92 Å². The number of carbonyl (C=O) groups is 1. The summed E-state index contributed by atoms with van der Waals surface area (Å²) in [5.41, 5.74) is 1.02. The molecule has 3 heteroatoms. The molecule has 1 amide bonds. The zero-order chi connectivity index (χ0) is 16.0. The zero-order valence-electron chi connectivity index (χ0n) is 13.9. The van der Waals surface area contributed by atoms with Gasteiger partial charge in [0.1, 0.15) is 5.82 Å². The summed E-state index contributed by atoms with van der Waals surface area (Å²) in [6.07, 6.45) is 1.88. The fourth-order valence-electron chi connectivity index (χ4n) is 2.11. The highest BCUT2D eigenvalue weighted by molar-refractivity contribution is 5.94. The van der Waals surface area contributed by atoms with Crippen LogP contribution in [0, 0.1) is 24.6 Å². The Kier molecular flexibility index (Phi) is 6.86. The van der Waals surface area contributed by atoms with E-state index in [-0.39, 0.29) is 11.5 Å². The standard InChI is InChI=1S/C18H28FNO/c1-13(2)8-10-20(11-9-14(3)4)18(21)16-7-6-15(5)12-17(16)19/h6-7,12-14H,8-11H2,1-5H3. The summed E-state index contributed by atoms with van der Waals surface area (Å²) in [7, 11) is 0. The molecular formula is C18H28FNO. The molecule has 0 N–H and O–H groups in total. The number of hydrogen-bond donors (Lipinski definition) is 0. The average molecular weight is 293 g/mol. The second-order valence-electron chi connectivity index (χ2n) is 6.64. The minimum atomic E-state index is -0.418. The van der Waals surface area contributed by atoms with E-state index >= 15 is 0 Å². The van der Waals surface area contributed by atoms with Crippen LogP contribution in [0.2, 0.25) is 0 Å². The summed E-state index contributed by atoms with van der Waals surface area (Å²) < 4.78 is 14.0. The van der Waals surface area contributed by atoms with Crippen LogP contribution in [-0.2, 0) is 0 Å². The molecule has 0 aliphatic heterocycles. The van der Waals surface area contributed by atoms with E-state index in [4.69, 9.17) is 0 Å². The molecule has 21 heavy (non-hydrogen) atoms. The molecule has 0 spiro atoms. The third-order valence-corrected chi connectivity index (χ3v) is 3.59. The van der Waals surface area contributed by atoms with Gasteiger partial charge in [0, 0.05) is 13.1 Å². The average Bonchev–Trinajstić information content (AvgIpc) is 2.37. The van der Waals surface area contributed by atoms with Gasteiger partial charge in [-0.3, -0.25) is 4.79 Å². The monoisotopic (exact) mass is 293 g/mol. The second kappa shape index (κ2) is 8.16. The van der Waals surface area contributed by atoms with Gasteiger partial charge in [-0.1, -0.05) is 33.8 Å². The Morgan fingerprint density at radius 3 is 2.05 bits per heavy atom. The summed E-state index contributed by atoms with van der Waals surface area (Å²) in [6.45, 7) is 11.8. The number of nitrogens with zero attached hydrogens (tertiary/aromatic N) is 1. The van der Waals surface area contributed by atoms with E-state index in [1.165, 1.54) is 6.07 Å². The summed E-state index contributed by atoms with van der Waals surface area (Å²) in [6, 6.07) is 4.82. The lowest BCUT2D eigenvalue weighted by Gasteiger charge is -2.25. The maximum atomic E-state index is 14.0. The van der Waals surface area contributed by atoms with Crippen molar-refractivity contribution in [3.63, 3.8) is 0 Å². The first-order chi connectivity index (χ1) is 9.81. The largest absolute Gasteiger partial charge is 0.339 e. The molecule has 0 atom stereocenters. The van der Waals surface area contributed by atoms with Gasteiger partial charge in [-0.05, 0) is 49.3 Å². The summed E-state index contributed by atoms with van der Waals surface area (Å²) in [5.74, 6) is 0.456. The van der Waals surface area contributed by atoms with Crippen molar-refractivity contribution < 1.29 is 9.18 Å². The summed E-state index contributed by atoms with van der Waals surface area (Å²) in [5, 5.41) is 0. The molecule has 0 aliphatic carbocycles. The van der Waals surface area contributed by atoms with Crippen LogP contribution in [0.4, 0.5) is 4.39 Å². The topological polar surface area (TPSA) is 20.3 Å². The number of rotatable bonds is 7. The molecule has 0 aromatic heterocycles. The molecule has 1 aromatic carbocycles. The van der Waals surface area contributed by atoms with Crippen molar-refractivity contribution in [3.05, 3.63) is 35.1 Å². The molecule has 118 valence electrons. The molecule has 1 rings (SSSR count). The van der Waals surface area contributed by atoms with Crippen LogP contribution in [0.5, 0.6) is 0 Å². The summed E-state index contributed by atoms with van der Waals surface area (Å²) in [4.78, 5) is 14.4. The maximum absolute atomic E-state index is 14.0. The number of halogens is 1. The molecular weight excluding hydrogens is 265 g/mol. The lowest BCUT2D eigenvalue weighted by atomic mass is 10.1. The lowest BCUT2D eigenvalue weighted by Crippen LogP contribution is -2.34. The van der Waals surface area contributed by atoms with Gasteiger partial charge in [0.05, 0.1) is 5.56 Å². The van der Waals surface area contributed by atoms with Gasteiger partial charge < -0.3 is 4.90 Å². The molecule has 0 unspecified atom stereocenters. The van der Waals surface area contributed by atoms with Gasteiger partial charge in [0.25, 0.3) is 5.91 Å². The van der Waals surface area contributed by atoms with Crippen molar-refractivity contribution in [2.45, 2.75) is 47.5 Å². The van der Waals surface area contributed by atoms with Gasteiger partial charge in [-0.15, -0.1) is 0 Å². The minimum Gasteiger partial charge on any atom is -0.339 e. The van der Waals surface area contributed by atoms with Crippen molar-refractivity contribution in [2.24, 2.45) is 11.8 Å². The van der Waals surface area contributed by atoms with Crippen LogP contribution in [0.3, 0.4) is 0 Å². The van der Waals surface area contributed by atoms with Crippen LogP contribution in [0.25, 0.3) is 0 Å². The van der Waals surface area contributed by atoms with Crippen LogP contribution in [-0.4, -0.2) is 23.9 Å². The van der Waals surface area contributed by atoms with Gasteiger partial charge in [-0.25, -0.2) is 4.39 Å². The smallest absolute Gasteiger partial charge is 0.256 e. The van der Waals surface area contributed by atoms with E-state index in [9.17, 15) is 9.18 Å². The summed E-state index contributed by atoms with van der Waals surface area (Å²) >= 11 is 0. The first kappa shape index (κ1) is 17.7. The van der Waals surface area contributed by atoms with Crippen molar-refractivity contribution in [1.82, 2.24) is 4.90 Å². The number of carbonyl (C=O) groups excluding carboxylic acids is 1. The fourth-order valence-corrected chi connectivity index (χ4v) is 2.11. The van der Waals surface area contributed by atoms with Gasteiger partial charge in [0.15, 0.2) is 0 Å². The Labute approximate surface area is 128 Å². The Morgan fingerprint density at radius 1 is 1.10 bits per heavy atom. The van der Waals surface area contributed by atoms with E-state index in [0.29, 0.717) is 24.9 Å². The van der Waals surface area contributed by atoms with Crippen molar-refractivity contribution in [3.8, 4) is 0 Å². The molecule has 0 aliphatic rings. The number of aryl methyl sites for hydroxylation is 1. The van der Waals surface area contributed by atoms with E-state index < -0.39 is 5.82 Å². The van der Waals surface area contributed by atoms with Crippen LogP contribution in [0.15, 0.2) is 18.2 Å². The first-order valence-corrected chi connectivity index (χ1v) is 7.86. The fraction of sp³-hybridized carbons (Fsp3) is 0.611. The van der Waals surface area contributed by atoms with Crippen molar-refractivity contribution in [1.29, 1.82) is 0 Å². The number of benzene rings is 1. The first-order valence-electron chi connectivity index (χ1n) is 7.86. The maximum Gasteiger partial charge on any atom is 0.256 e. The molecule has 2 nitrogen and oxygen atoms in total. The SMILES string of the molecule is Cc1ccc(C(=O)N(CCC(C)C)CCC(C)C)c(F)c1. The van der Waals surface area contributed by atoms with Crippen molar-refractivity contribution in [2.75, 3.05) is 13.1 Å².